The van der Waals surface area contributed by atoms with Crippen molar-refractivity contribution in [3.8, 4) is 5.75 Å². The highest BCUT2D eigenvalue weighted by Crippen LogP contribution is 2.17. The maximum Gasteiger partial charge on any atom is 0.121 e. The second-order valence-electron chi connectivity index (χ2n) is 3.29. The molecule has 0 heterocycles. The number of aliphatic hydroxyl groups excluding tert-OH is 2. The first-order valence-electron chi connectivity index (χ1n) is 5.08. The molecular formula is C11H16ClNO3. The van der Waals surface area contributed by atoms with E-state index in [1.807, 2.05) is 12.1 Å². The molecule has 16 heavy (non-hydrogen) atoms. The van der Waals surface area contributed by atoms with Crippen LogP contribution in [0, 0.1) is 0 Å². The van der Waals surface area contributed by atoms with Crippen molar-refractivity contribution in [1.82, 2.24) is 0 Å². The van der Waals surface area contributed by atoms with Gasteiger partial charge in [0, 0.05) is 18.3 Å². The molecule has 1 aromatic rings. The first-order valence-corrected chi connectivity index (χ1v) is 5.61. The molecule has 0 radical (unpaired) electrons. The molecule has 4 nitrogen and oxygen atoms in total. The van der Waals surface area contributed by atoms with Gasteiger partial charge in [-0.25, -0.2) is 0 Å². The molecule has 0 aliphatic carbocycles. The van der Waals surface area contributed by atoms with Crippen LogP contribution >= 0.6 is 11.6 Å². The predicted molar refractivity (Wildman–Crippen MR) is 64.2 cm³/mol. The zero-order chi connectivity index (χ0) is 11.8. The van der Waals surface area contributed by atoms with Gasteiger partial charge in [-0.2, -0.15) is 0 Å². The summed E-state index contributed by atoms with van der Waals surface area (Å²) in [5.74, 6) is 0.882. The fraction of sp³-hybridized carbons (Fsp3) is 0.455. The summed E-state index contributed by atoms with van der Waals surface area (Å²) in [6.45, 7) is 0.656. The third-order valence-electron chi connectivity index (χ3n) is 1.91. The van der Waals surface area contributed by atoms with Crippen LogP contribution in [0.25, 0.3) is 0 Å². The van der Waals surface area contributed by atoms with Crippen LogP contribution in [0.2, 0.25) is 0 Å². The van der Waals surface area contributed by atoms with Crippen molar-refractivity contribution in [3.05, 3.63) is 24.3 Å². The number of aliphatic hydroxyl groups is 2. The highest BCUT2D eigenvalue weighted by atomic mass is 35.5. The molecular weight excluding hydrogens is 230 g/mol. The standard InChI is InChI=1S/C11H16ClNO3/c12-7-10(15)8-13-9-2-1-3-11(6-9)16-5-4-14/h1-3,6,10,13-15H,4-5,7-8H2. The Balaban J connectivity index is 2.46. The van der Waals surface area contributed by atoms with Gasteiger partial charge in [0.1, 0.15) is 12.4 Å². The van der Waals surface area contributed by atoms with Crippen LogP contribution < -0.4 is 10.1 Å². The number of anilines is 1. The number of halogens is 1. The fourth-order valence-electron chi connectivity index (χ4n) is 1.15. The molecule has 0 aliphatic rings. The highest BCUT2D eigenvalue weighted by Gasteiger charge is 2.02. The summed E-state index contributed by atoms with van der Waals surface area (Å²) in [5.41, 5.74) is 0.847. The van der Waals surface area contributed by atoms with E-state index in [0.717, 1.165) is 5.69 Å². The van der Waals surface area contributed by atoms with Gasteiger partial charge >= 0.3 is 0 Å². The molecule has 1 unspecified atom stereocenters. The van der Waals surface area contributed by atoms with E-state index >= 15 is 0 Å². The van der Waals surface area contributed by atoms with Crippen LogP contribution in [-0.4, -0.2) is 42.0 Å². The topological polar surface area (TPSA) is 61.7 Å². The second-order valence-corrected chi connectivity index (χ2v) is 3.60. The lowest BCUT2D eigenvalue weighted by molar-refractivity contribution is 0.201. The average Bonchev–Trinajstić information content (AvgIpc) is 2.34. The van der Waals surface area contributed by atoms with Crippen LogP contribution in [0.3, 0.4) is 0 Å². The molecule has 3 N–H and O–H groups in total. The summed E-state index contributed by atoms with van der Waals surface area (Å²) in [6, 6.07) is 7.31. The Morgan fingerprint density at radius 1 is 1.44 bits per heavy atom. The quantitative estimate of drug-likeness (QED) is 0.629. The number of hydrogen-bond donors (Lipinski definition) is 3. The minimum atomic E-state index is -0.566. The maximum atomic E-state index is 9.27. The SMILES string of the molecule is OCCOc1cccc(NCC(O)CCl)c1. The molecule has 0 saturated heterocycles. The van der Waals surface area contributed by atoms with Crippen molar-refractivity contribution >= 4 is 17.3 Å². The van der Waals surface area contributed by atoms with Gasteiger partial charge in [-0.1, -0.05) is 6.07 Å². The van der Waals surface area contributed by atoms with E-state index in [4.69, 9.17) is 21.4 Å². The number of nitrogens with one attached hydrogen (secondary N) is 1. The Morgan fingerprint density at radius 2 is 2.25 bits per heavy atom. The summed E-state index contributed by atoms with van der Waals surface area (Å²) in [6.07, 6.45) is -0.566. The highest BCUT2D eigenvalue weighted by molar-refractivity contribution is 6.18. The Bertz CT molecular complexity index is 309. The van der Waals surface area contributed by atoms with Gasteiger partial charge < -0.3 is 20.3 Å². The lowest BCUT2D eigenvalue weighted by Gasteiger charge is -2.11. The molecule has 5 heteroatoms. The van der Waals surface area contributed by atoms with Crippen LogP contribution in [0.4, 0.5) is 5.69 Å². The molecule has 0 aromatic heterocycles. The largest absolute Gasteiger partial charge is 0.491 e. The van der Waals surface area contributed by atoms with E-state index in [1.165, 1.54) is 0 Å². The summed E-state index contributed by atoms with van der Waals surface area (Å²) >= 11 is 5.48. The van der Waals surface area contributed by atoms with Gasteiger partial charge in [0.2, 0.25) is 0 Å². The van der Waals surface area contributed by atoms with Crippen molar-refractivity contribution in [2.75, 3.05) is 31.0 Å². The summed E-state index contributed by atoms with van der Waals surface area (Å²) < 4.78 is 5.25. The number of alkyl halides is 1. The molecule has 0 fully saturated rings. The minimum Gasteiger partial charge on any atom is -0.491 e. The molecule has 1 aromatic carbocycles. The number of rotatable bonds is 7. The number of ether oxygens (including phenoxy) is 1. The average molecular weight is 246 g/mol. The molecule has 1 atom stereocenters. The van der Waals surface area contributed by atoms with E-state index in [-0.39, 0.29) is 19.1 Å². The smallest absolute Gasteiger partial charge is 0.121 e. The molecule has 1 rings (SSSR count). The normalized spacial score (nSPS) is 12.2. The van der Waals surface area contributed by atoms with Gasteiger partial charge in [-0.15, -0.1) is 11.6 Å². The van der Waals surface area contributed by atoms with E-state index in [2.05, 4.69) is 5.32 Å². The Hall–Kier alpha value is -0.970. The third-order valence-corrected chi connectivity index (χ3v) is 2.27. The van der Waals surface area contributed by atoms with Gasteiger partial charge in [-0.05, 0) is 12.1 Å². The van der Waals surface area contributed by atoms with E-state index in [9.17, 15) is 5.11 Å². The molecule has 0 saturated carbocycles. The Labute approximate surface area is 99.8 Å². The van der Waals surface area contributed by atoms with Crippen LogP contribution in [-0.2, 0) is 0 Å². The van der Waals surface area contributed by atoms with Crippen molar-refractivity contribution in [3.63, 3.8) is 0 Å². The monoisotopic (exact) mass is 245 g/mol. The number of benzene rings is 1. The lowest BCUT2D eigenvalue weighted by Crippen LogP contribution is -2.20. The Morgan fingerprint density at radius 3 is 2.94 bits per heavy atom. The maximum absolute atomic E-state index is 9.27. The van der Waals surface area contributed by atoms with E-state index in [0.29, 0.717) is 12.3 Å². The van der Waals surface area contributed by atoms with E-state index < -0.39 is 6.10 Å². The molecule has 0 aliphatic heterocycles. The first kappa shape index (κ1) is 13.1. The van der Waals surface area contributed by atoms with Gasteiger partial charge in [0.25, 0.3) is 0 Å². The molecule has 0 amide bonds. The molecule has 0 spiro atoms. The van der Waals surface area contributed by atoms with Crippen molar-refractivity contribution in [2.45, 2.75) is 6.10 Å². The van der Waals surface area contributed by atoms with Crippen molar-refractivity contribution in [1.29, 1.82) is 0 Å². The molecule has 90 valence electrons. The van der Waals surface area contributed by atoms with Gasteiger partial charge in [0.05, 0.1) is 18.6 Å². The Kier molecular flexibility index (Phi) is 6.00. The zero-order valence-electron chi connectivity index (χ0n) is 8.90. The van der Waals surface area contributed by atoms with Crippen LogP contribution in [0.5, 0.6) is 5.75 Å². The number of hydrogen-bond acceptors (Lipinski definition) is 4. The fourth-order valence-corrected chi connectivity index (χ4v) is 1.26. The minimum absolute atomic E-state index is 0.0113. The summed E-state index contributed by atoms with van der Waals surface area (Å²) in [5, 5.41) is 20.9. The van der Waals surface area contributed by atoms with Crippen molar-refractivity contribution in [2.24, 2.45) is 0 Å². The van der Waals surface area contributed by atoms with Gasteiger partial charge in [-0.3, -0.25) is 0 Å². The summed E-state index contributed by atoms with van der Waals surface area (Å²) in [4.78, 5) is 0. The lowest BCUT2D eigenvalue weighted by atomic mass is 10.3. The van der Waals surface area contributed by atoms with Crippen LogP contribution in [0.1, 0.15) is 0 Å². The first-order chi connectivity index (χ1) is 7.76. The van der Waals surface area contributed by atoms with Gasteiger partial charge in [0.15, 0.2) is 0 Å². The van der Waals surface area contributed by atoms with Crippen LogP contribution in [0.15, 0.2) is 24.3 Å². The van der Waals surface area contributed by atoms with Crippen molar-refractivity contribution < 1.29 is 14.9 Å². The summed E-state index contributed by atoms with van der Waals surface area (Å²) in [7, 11) is 0. The second kappa shape index (κ2) is 7.33. The third kappa shape index (κ3) is 4.70. The zero-order valence-corrected chi connectivity index (χ0v) is 9.65. The predicted octanol–water partition coefficient (Wildman–Crippen LogP) is 1.07. The molecule has 0 bridgehead atoms. The van der Waals surface area contributed by atoms with E-state index in [1.54, 1.807) is 12.1 Å².